The Morgan fingerprint density at radius 2 is 1.71 bits per heavy atom. The first-order valence-electron chi connectivity index (χ1n) is 6.49. The van der Waals surface area contributed by atoms with E-state index in [1.165, 1.54) is 12.1 Å². The lowest BCUT2D eigenvalue weighted by Gasteiger charge is -2.11. The molecule has 6 heteroatoms. The number of amides is 2. The molecule has 0 saturated heterocycles. The van der Waals surface area contributed by atoms with Gasteiger partial charge < -0.3 is 9.82 Å². The van der Waals surface area contributed by atoms with E-state index in [-0.39, 0.29) is 16.8 Å². The van der Waals surface area contributed by atoms with E-state index in [4.69, 9.17) is 4.84 Å². The summed E-state index contributed by atoms with van der Waals surface area (Å²) in [6.07, 6.45) is 0.736. The predicted octanol–water partition coefficient (Wildman–Crippen LogP) is 1.95. The molecular formula is C15H12N2O4. The first kappa shape index (κ1) is 13.1. The van der Waals surface area contributed by atoms with Crippen LogP contribution >= 0.6 is 0 Å². The zero-order valence-electron chi connectivity index (χ0n) is 11.3. The van der Waals surface area contributed by atoms with Crippen LogP contribution in [0.1, 0.15) is 43.8 Å². The highest BCUT2D eigenvalue weighted by molar-refractivity contribution is 6.21. The van der Waals surface area contributed by atoms with Crippen molar-refractivity contribution in [1.29, 1.82) is 0 Å². The fraction of sp³-hybridized carbons (Fsp3) is 0.133. The Balaban J connectivity index is 1.82. The third-order valence-corrected chi connectivity index (χ3v) is 3.28. The van der Waals surface area contributed by atoms with Crippen LogP contribution < -0.4 is 0 Å². The Bertz CT molecular complexity index is 713. The molecule has 0 aliphatic carbocycles. The molecule has 0 saturated carbocycles. The third kappa shape index (κ3) is 2.10. The van der Waals surface area contributed by atoms with Gasteiger partial charge in [0, 0.05) is 5.69 Å². The van der Waals surface area contributed by atoms with Crippen molar-refractivity contribution in [2.24, 2.45) is 0 Å². The smallest absolute Gasteiger partial charge is 0.353 e. The third-order valence-electron chi connectivity index (χ3n) is 3.28. The van der Waals surface area contributed by atoms with Gasteiger partial charge in [-0.1, -0.05) is 24.1 Å². The van der Waals surface area contributed by atoms with Gasteiger partial charge in [0.1, 0.15) is 5.69 Å². The van der Waals surface area contributed by atoms with Crippen molar-refractivity contribution >= 4 is 17.8 Å². The fourth-order valence-corrected chi connectivity index (χ4v) is 2.15. The molecule has 0 bridgehead atoms. The Hall–Kier alpha value is -2.89. The second-order valence-corrected chi connectivity index (χ2v) is 4.58. The number of hydroxylamine groups is 2. The van der Waals surface area contributed by atoms with Gasteiger partial charge in [-0.25, -0.2) is 4.79 Å². The number of imide groups is 1. The number of nitrogens with one attached hydrogen (secondary N) is 1. The van der Waals surface area contributed by atoms with Gasteiger partial charge in [-0.15, -0.1) is 0 Å². The van der Waals surface area contributed by atoms with E-state index >= 15 is 0 Å². The van der Waals surface area contributed by atoms with Crippen molar-refractivity contribution in [3.05, 3.63) is 58.9 Å². The first-order chi connectivity index (χ1) is 10.1. The lowest BCUT2D eigenvalue weighted by molar-refractivity contribution is -0.0588. The largest absolute Gasteiger partial charge is 0.379 e. The molecule has 21 heavy (non-hydrogen) atoms. The van der Waals surface area contributed by atoms with Crippen LogP contribution in [-0.4, -0.2) is 27.8 Å². The van der Waals surface area contributed by atoms with Crippen LogP contribution in [0.5, 0.6) is 0 Å². The standard InChI is InChI=1S/C15H12N2O4/c1-2-9-7-8-12(16-9)15(20)21-17-13(18)10-5-3-4-6-11(10)14(17)19/h3-8,16H,2H2,1H3. The van der Waals surface area contributed by atoms with E-state index in [1.807, 2.05) is 6.92 Å². The number of carbonyl (C=O) groups excluding carboxylic acids is 3. The minimum Gasteiger partial charge on any atom is -0.353 e. The Morgan fingerprint density at radius 1 is 1.10 bits per heavy atom. The van der Waals surface area contributed by atoms with E-state index in [0.717, 1.165) is 12.1 Å². The molecule has 3 rings (SSSR count). The van der Waals surface area contributed by atoms with Gasteiger partial charge in [-0.05, 0) is 30.7 Å². The quantitative estimate of drug-likeness (QED) is 0.874. The number of aromatic nitrogens is 1. The van der Waals surface area contributed by atoms with E-state index < -0.39 is 17.8 Å². The average molecular weight is 284 g/mol. The van der Waals surface area contributed by atoms with Crippen LogP contribution in [0.4, 0.5) is 0 Å². The average Bonchev–Trinajstić information content (AvgIpc) is 3.07. The van der Waals surface area contributed by atoms with E-state index in [9.17, 15) is 14.4 Å². The maximum Gasteiger partial charge on any atom is 0.379 e. The van der Waals surface area contributed by atoms with Gasteiger partial charge in [-0.2, -0.15) is 0 Å². The molecule has 1 N–H and O–H groups in total. The number of H-pyrrole nitrogens is 1. The van der Waals surface area contributed by atoms with Crippen molar-refractivity contribution in [3.63, 3.8) is 0 Å². The molecule has 2 heterocycles. The molecule has 0 atom stereocenters. The van der Waals surface area contributed by atoms with Gasteiger partial charge in [0.15, 0.2) is 0 Å². The Morgan fingerprint density at radius 3 is 2.24 bits per heavy atom. The Kier molecular flexibility index (Phi) is 3.06. The highest BCUT2D eigenvalue weighted by atomic mass is 16.7. The molecule has 6 nitrogen and oxygen atoms in total. The number of hydrogen-bond donors (Lipinski definition) is 1. The van der Waals surface area contributed by atoms with Crippen LogP contribution in [0.25, 0.3) is 0 Å². The summed E-state index contributed by atoms with van der Waals surface area (Å²) in [7, 11) is 0. The van der Waals surface area contributed by atoms with Gasteiger partial charge in [0.25, 0.3) is 11.8 Å². The normalized spacial score (nSPS) is 13.5. The molecule has 1 aromatic carbocycles. The molecule has 0 fully saturated rings. The van der Waals surface area contributed by atoms with Crippen molar-refractivity contribution in [2.45, 2.75) is 13.3 Å². The van der Waals surface area contributed by atoms with E-state index in [2.05, 4.69) is 4.98 Å². The highest BCUT2D eigenvalue weighted by Gasteiger charge is 2.38. The summed E-state index contributed by atoms with van der Waals surface area (Å²) in [5.41, 5.74) is 1.53. The topological polar surface area (TPSA) is 79.5 Å². The van der Waals surface area contributed by atoms with Crippen molar-refractivity contribution < 1.29 is 19.2 Å². The number of aromatic amines is 1. The van der Waals surface area contributed by atoms with Gasteiger partial charge in [0.05, 0.1) is 11.1 Å². The monoisotopic (exact) mass is 284 g/mol. The molecule has 1 aliphatic heterocycles. The number of aryl methyl sites for hydroxylation is 1. The second kappa shape index (κ2) is 4.90. The van der Waals surface area contributed by atoms with Gasteiger partial charge in [0.2, 0.25) is 0 Å². The molecule has 1 aromatic heterocycles. The van der Waals surface area contributed by atoms with Crippen molar-refractivity contribution in [1.82, 2.24) is 10.0 Å². The molecule has 2 amide bonds. The molecular weight excluding hydrogens is 272 g/mol. The summed E-state index contributed by atoms with van der Waals surface area (Å²) in [4.78, 5) is 43.9. The number of benzene rings is 1. The molecule has 2 aromatic rings. The predicted molar refractivity (Wildman–Crippen MR) is 72.5 cm³/mol. The summed E-state index contributed by atoms with van der Waals surface area (Å²) in [6, 6.07) is 9.64. The summed E-state index contributed by atoms with van der Waals surface area (Å²) in [5.74, 6) is -2.04. The van der Waals surface area contributed by atoms with Gasteiger partial charge in [-0.3, -0.25) is 9.59 Å². The molecule has 0 unspecified atom stereocenters. The number of hydrogen-bond acceptors (Lipinski definition) is 4. The Labute approximate surface area is 120 Å². The zero-order chi connectivity index (χ0) is 15.0. The van der Waals surface area contributed by atoms with Crippen LogP contribution in [0, 0.1) is 0 Å². The summed E-state index contributed by atoms with van der Waals surface area (Å²) < 4.78 is 0. The van der Waals surface area contributed by atoms with E-state index in [1.54, 1.807) is 24.3 Å². The number of rotatable bonds is 3. The molecule has 0 spiro atoms. The molecule has 1 aliphatic rings. The number of fused-ring (bicyclic) bond motifs is 1. The minimum absolute atomic E-state index is 0.198. The van der Waals surface area contributed by atoms with E-state index in [0.29, 0.717) is 5.06 Å². The second-order valence-electron chi connectivity index (χ2n) is 4.58. The SMILES string of the molecule is CCc1ccc(C(=O)ON2C(=O)c3ccccc3C2=O)[nH]1. The number of nitrogens with zero attached hydrogens (tertiary/aromatic N) is 1. The van der Waals surface area contributed by atoms with Crippen molar-refractivity contribution in [3.8, 4) is 0 Å². The summed E-state index contributed by atoms with van der Waals surface area (Å²) >= 11 is 0. The molecule has 106 valence electrons. The minimum atomic E-state index is -0.774. The summed E-state index contributed by atoms with van der Waals surface area (Å²) in [6.45, 7) is 1.94. The zero-order valence-corrected chi connectivity index (χ0v) is 11.3. The van der Waals surface area contributed by atoms with Crippen LogP contribution in [0.2, 0.25) is 0 Å². The van der Waals surface area contributed by atoms with Crippen LogP contribution in [-0.2, 0) is 11.3 Å². The van der Waals surface area contributed by atoms with Crippen LogP contribution in [0.3, 0.4) is 0 Å². The van der Waals surface area contributed by atoms with Crippen molar-refractivity contribution in [2.75, 3.05) is 0 Å². The molecule has 0 radical (unpaired) electrons. The highest BCUT2D eigenvalue weighted by Crippen LogP contribution is 2.23. The first-order valence-corrected chi connectivity index (χ1v) is 6.49. The summed E-state index contributed by atoms with van der Waals surface area (Å²) in [5, 5.41) is 0.499. The van der Waals surface area contributed by atoms with Gasteiger partial charge >= 0.3 is 5.97 Å². The fourth-order valence-electron chi connectivity index (χ4n) is 2.15. The maximum absolute atomic E-state index is 12.1. The lowest BCUT2D eigenvalue weighted by Crippen LogP contribution is -2.32. The van der Waals surface area contributed by atoms with Crippen LogP contribution in [0.15, 0.2) is 36.4 Å². The maximum atomic E-state index is 12.1. The number of carbonyl (C=O) groups is 3. The lowest BCUT2D eigenvalue weighted by atomic mass is 10.1.